The second kappa shape index (κ2) is 11.3. The number of hydrogen-bond acceptors (Lipinski definition) is 4. The molecule has 0 fully saturated rings. The lowest BCUT2D eigenvalue weighted by Gasteiger charge is -2.40. The fourth-order valence-corrected chi connectivity index (χ4v) is 5.37. The average Bonchev–Trinajstić information content (AvgIpc) is 3.48. The standard InChI is InChI=1S/C33H35N3O4/c1-6-23-13-15-24(16-14-23)33(38)35(22(2)3)21-31(37)36-28-11-8-7-10-27(28)34-19-9-12-29(34)32(36)26-20-25(39-4)17-18-30(26)40-5/h7-20,22,32H,6,21H2,1-5H3. The second-order valence-electron chi connectivity index (χ2n) is 10.1. The number of carbonyl (C=O) groups excluding carboxylic acids is 2. The summed E-state index contributed by atoms with van der Waals surface area (Å²) in [5, 5.41) is 0. The number of anilines is 1. The molecule has 2 amide bonds. The number of carbonyl (C=O) groups is 2. The molecule has 0 saturated heterocycles. The van der Waals surface area contributed by atoms with Gasteiger partial charge in [0.2, 0.25) is 5.91 Å². The summed E-state index contributed by atoms with van der Waals surface area (Å²) >= 11 is 0. The highest BCUT2D eigenvalue weighted by atomic mass is 16.5. The van der Waals surface area contributed by atoms with Crippen molar-refractivity contribution in [3.05, 3.63) is 107 Å². The second-order valence-corrected chi connectivity index (χ2v) is 10.1. The fourth-order valence-electron chi connectivity index (χ4n) is 5.37. The van der Waals surface area contributed by atoms with E-state index in [0.29, 0.717) is 17.1 Å². The van der Waals surface area contributed by atoms with Crippen LogP contribution < -0.4 is 14.4 Å². The van der Waals surface area contributed by atoms with Gasteiger partial charge in [-0.3, -0.25) is 14.5 Å². The van der Waals surface area contributed by atoms with Crippen molar-refractivity contribution in [2.75, 3.05) is 25.7 Å². The summed E-state index contributed by atoms with van der Waals surface area (Å²) < 4.78 is 13.4. The highest BCUT2D eigenvalue weighted by molar-refractivity contribution is 6.03. The highest BCUT2D eigenvalue weighted by Crippen LogP contribution is 2.45. The Hall–Kier alpha value is -4.52. The van der Waals surface area contributed by atoms with E-state index in [9.17, 15) is 9.59 Å². The van der Waals surface area contributed by atoms with E-state index in [0.717, 1.165) is 34.6 Å². The predicted octanol–water partition coefficient (Wildman–Crippen LogP) is 6.04. The minimum absolute atomic E-state index is 0.0795. The number of aromatic nitrogens is 1. The lowest BCUT2D eigenvalue weighted by Crippen LogP contribution is -2.48. The quantitative estimate of drug-likeness (QED) is 0.275. The van der Waals surface area contributed by atoms with Gasteiger partial charge in [-0.25, -0.2) is 0 Å². The molecule has 7 heteroatoms. The minimum Gasteiger partial charge on any atom is -0.497 e. The topological polar surface area (TPSA) is 64.0 Å². The zero-order chi connectivity index (χ0) is 28.4. The van der Waals surface area contributed by atoms with Crippen molar-refractivity contribution in [2.45, 2.75) is 39.3 Å². The van der Waals surface area contributed by atoms with E-state index in [1.165, 1.54) is 0 Å². The van der Waals surface area contributed by atoms with Crippen LogP contribution in [0.3, 0.4) is 0 Å². The number of para-hydroxylation sites is 2. The number of ether oxygens (including phenoxy) is 2. The van der Waals surface area contributed by atoms with E-state index < -0.39 is 6.04 Å². The maximum atomic E-state index is 14.4. The molecule has 40 heavy (non-hydrogen) atoms. The zero-order valence-corrected chi connectivity index (χ0v) is 23.6. The number of hydrogen-bond donors (Lipinski definition) is 0. The van der Waals surface area contributed by atoms with E-state index in [2.05, 4.69) is 11.5 Å². The molecule has 1 unspecified atom stereocenters. The van der Waals surface area contributed by atoms with Crippen LogP contribution in [-0.2, 0) is 11.2 Å². The third kappa shape index (κ3) is 4.83. The maximum absolute atomic E-state index is 14.4. The number of rotatable bonds is 8. The first-order valence-corrected chi connectivity index (χ1v) is 13.6. The number of aryl methyl sites for hydroxylation is 1. The van der Waals surface area contributed by atoms with Crippen molar-refractivity contribution in [1.29, 1.82) is 0 Å². The van der Waals surface area contributed by atoms with E-state index >= 15 is 0 Å². The molecule has 0 spiro atoms. The third-order valence-corrected chi connectivity index (χ3v) is 7.52. The normalized spacial score (nSPS) is 13.9. The average molecular weight is 538 g/mol. The van der Waals surface area contributed by atoms with Crippen LogP contribution in [0, 0.1) is 0 Å². The highest BCUT2D eigenvalue weighted by Gasteiger charge is 2.39. The molecule has 0 saturated carbocycles. The summed E-state index contributed by atoms with van der Waals surface area (Å²) in [6.45, 7) is 5.87. The van der Waals surface area contributed by atoms with E-state index in [1.807, 2.05) is 98.9 Å². The van der Waals surface area contributed by atoms with Gasteiger partial charge >= 0.3 is 0 Å². The first-order chi connectivity index (χ1) is 19.4. The Bertz CT molecular complexity index is 1520. The summed E-state index contributed by atoms with van der Waals surface area (Å²) in [7, 11) is 3.24. The predicted molar refractivity (Wildman–Crippen MR) is 157 cm³/mol. The molecule has 3 aromatic carbocycles. The van der Waals surface area contributed by atoms with Crippen molar-refractivity contribution < 1.29 is 19.1 Å². The van der Waals surface area contributed by atoms with Crippen molar-refractivity contribution >= 4 is 17.5 Å². The Morgan fingerprint density at radius 1 is 0.900 bits per heavy atom. The van der Waals surface area contributed by atoms with E-state index in [1.54, 1.807) is 24.0 Å². The Morgan fingerprint density at radius 3 is 2.27 bits per heavy atom. The van der Waals surface area contributed by atoms with E-state index in [-0.39, 0.29) is 24.4 Å². The molecule has 0 N–H and O–H groups in total. The molecule has 1 aromatic heterocycles. The maximum Gasteiger partial charge on any atom is 0.254 e. The van der Waals surface area contributed by atoms with Gasteiger partial charge in [-0.05, 0) is 80.4 Å². The lowest BCUT2D eigenvalue weighted by molar-refractivity contribution is -0.120. The minimum atomic E-state index is -0.504. The summed E-state index contributed by atoms with van der Waals surface area (Å²) in [4.78, 5) is 31.5. The Balaban J connectivity index is 1.60. The third-order valence-electron chi connectivity index (χ3n) is 7.52. The van der Waals surface area contributed by atoms with Crippen LogP contribution in [0.15, 0.2) is 85.1 Å². The molecular weight excluding hydrogens is 502 g/mol. The molecule has 1 aliphatic rings. The number of amides is 2. The molecule has 1 aliphatic heterocycles. The number of methoxy groups -OCH3 is 2. The molecule has 7 nitrogen and oxygen atoms in total. The molecule has 4 aromatic rings. The SMILES string of the molecule is CCc1ccc(C(=O)N(CC(=O)N2c3ccccc3-n3cccc3C2c2cc(OC)ccc2OC)C(C)C)cc1. The van der Waals surface area contributed by atoms with Crippen molar-refractivity contribution in [1.82, 2.24) is 9.47 Å². The van der Waals surface area contributed by atoms with Crippen LogP contribution in [0.1, 0.15) is 54.0 Å². The van der Waals surface area contributed by atoms with Crippen molar-refractivity contribution in [2.24, 2.45) is 0 Å². The van der Waals surface area contributed by atoms with Crippen LogP contribution in [0.2, 0.25) is 0 Å². The molecule has 2 heterocycles. The Labute approximate surface area is 235 Å². The van der Waals surface area contributed by atoms with Crippen LogP contribution in [-0.4, -0.2) is 48.1 Å². The zero-order valence-electron chi connectivity index (χ0n) is 23.6. The van der Waals surface area contributed by atoms with Crippen LogP contribution in [0.5, 0.6) is 11.5 Å². The van der Waals surface area contributed by atoms with Crippen LogP contribution in [0.25, 0.3) is 5.69 Å². The van der Waals surface area contributed by atoms with Gasteiger partial charge in [0.1, 0.15) is 24.1 Å². The molecule has 5 rings (SSSR count). The molecule has 206 valence electrons. The number of fused-ring (bicyclic) bond motifs is 3. The fraction of sp³-hybridized carbons (Fsp3) is 0.273. The van der Waals surface area contributed by atoms with Gasteiger partial charge in [0.05, 0.1) is 31.3 Å². The van der Waals surface area contributed by atoms with Gasteiger partial charge in [-0.1, -0.05) is 31.2 Å². The molecular formula is C33H35N3O4. The van der Waals surface area contributed by atoms with Gasteiger partial charge in [0.25, 0.3) is 5.91 Å². The first kappa shape index (κ1) is 27.1. The first-order valence-electron chi connectivity index (χ1n) is 13.6. The van der Waals surface area contributed by atoms with Crippen LogP contribution in [0.4, 0.5) is 5.69 Å². The smallest absolute Gasteiger partial charge is 0.254 e. The summed E-state index contributed by atoms with van der Waals surface area (Å²) in [5.74, 6) is 0.940. The molecule has 0 bridgehead atoms. The van der Waals surface area contributed by atoms with E-state index in [4.69, 9.17) is 9.47 Å². The van der Waals surface area contributed by atoms with Gasteiger partial charge < -0.3 is 18.9 Å². The summed E-state index contributed by atoms with van der Waals surface area (Å²) in [5.41, 5.74) is 5.09. The van der Waals surface area contributed by atoms with Crippen molar-refractivity contribution in [3.63, 3.8) is 0 Å². The Kier molecular flexibility index (Phi) is 7.65. The molecule has 1 atom stereocenters. The summed E-state index contributed by atoms with van der Waals surface area (Å²) in [6.07, 6.45) is 2.89. The van der Waals surface area contributed by atoms with Gasteiger partial charge in [0.15, 0.2) is 0 Å². The van der Waals surface area contributed by atoms with Gasteiger partial charge in [-0.2, -0.15) is 0 Å². The van der Waals surface area contributed by atoms with Crippen LogP contribution >= 0.6 is 0 Å². The summed E-state index contributed by atoms with van der Waals surface area (Å²) in [6, 6.07) is 24.4. The molecule has 0 radical (unpaired) electrons. The van der Waals surface area contributed by atoms with Crippen molar-refractivity contribution in [3.8, 4) is 17.2 Å². The number of benzene rings is 3. The largest absolute Gasteiger partial charge is 0.497 e. The number of nitrogens with zero attached hydrogens (tertiary/aromatic N) is 3. The monoisotopic (exact) mass is 537 g/mol. The lowest BCUT2D eigenvalue weighted by atomic mass is 9.96. The van der Waals surface area contributed by atoms with Gasteiger partial charge in [-0.15, -0.1) is 0 Å². The van der Waals surface area contributed by atoms with Gasteiger partial charge in [0, 0.05) is 23.4 Å². The Morgan fingerprint density at radius 2 is 1.62 bits per heavy atom. The molecule has 0 aliphatic carbocycles.